The topological polar surface area (TPSA) is 95.1 Å². The molecule has 1 saturated carbocycles. The first-order chi connectivity index (χ1) is 19.3. The fourth-order valence-electron chi connectivity index (χ4n) is 6.33. The van der Waals surface area contributed by atoms with Gasteiger partial charge in [-0.25, -0.2) is 4.98 Å². The number of likely N-dealkylation sites (N-methyl/N-ethyl adjacent to an activating group) is 1. The highest BCUT2D eigenvalue weighted by Crippen LogP contribution is 2.46. The molecule has 10 heteroatoms. The maximum atomic E-state index is 13.8. The Balaban J connectivity index is 1.13. The number of rotatable bonds is 8. The number of likely N-dealkylation sites (tertiary alicyclic amines) is 1. The molecule has 4 heterocycles. The minimum absolute atomic E-state index is 0.0236. The highest BCUT2D eigenvalue weighted by atomic mass is 32.1. The molecule has 9 nitrogen and oxygen atoms in total. The zero-order valence-corrected chi connectivity index (χ0v) is 24.4. The highest BCUT2D eigenvalue weighted by molar-refractivity contribution is 7.14. The Labute approximate surface area is 239 Å². The molecule has 6 rings (SSSR count). The summed E-state index contributed by atoms with van der Waals surface area (Å²) in [5, 5.41) is 6.09. The molecular weight excluding hydrogens is 526 g/mol. The van der Waals surface area contributed by atoms with Crippen molar-refractivity contribution in [3.8, 4) is 11.3 Å². The van der Waals surface area contributed by atoms with Crippen LogP contribution in [0.2, 0.25) is 0 Å². The van der Waals surface area contributed by atoms with Gasteiger partial charge in [-0.15, -0.1) is 11.3 Å². The van der Waals surface area contributed by atoms with Crippen molar-refractivity contribution in [1.29, 1.82) is 0 Å². The van der Waals surface area contributed by atoms with Crippen molar-refractivity contribution in [2.45, 2.75) is 51.3 Å². The molecule has 1 aromatic carbocycles. The Morgan fingerprint density at radius 2 is 1.85 bits per heavy atom. The number of hydrogen-bond acceptors (Lipinski definition) is 8. The van der Waals surface area contributed by atoms with Crippen molar-refractivity contribution >= 4 is 34.1 Å². The Morgan fingerprint density at radius 1 is 1.12 bits per heavy atom. The van der Waals surface area contributed by atoms with Crippen LogP contribution in [0, 0.1) is 17.8 Å². The predicted octanol–water partition coefficient (Wildman–Crippen LogP) is 2.91. The van der Waals surface area contributed by atoms with E-state index < -0.39 is 12.1 Å². The summed E-state index contributed by atoms with van der Waals surface area (Å²) in [5.74, 6) is 0.461. The van der Waals surface area contributed by atoms with Gasteiger partial charge in [0.15, 0.2) is 10.9 Å². The second-order valence-corrected chi connectivity index (χ2v) is 13.1. The summed E-state index contributed by atoms with van der Waals surface area (Å²) in [5.41, 5.74) is 2.35. The largest absolute Gasteiger partial charge is 0.367 e. The van der Waals surface area contributed by atoms with E-state index in [2.05, 4.69) is 27.5 Å². The third kappa shape index (κ3) is 5.53. The molecule has 1 aliphatic carbocycles. The first-order valence-corrected chi connectivity index (χ1v) is 15.4. The highest BCUT2D eigenvalue weighted by Gasteiger charge is 2.56. The van der Waals surface area contributed by atoms with Gasteiger partial charge in [0.1, 0.15) is 18.7 Å². The van der Waals surface area contributed by atoms with Crippen molar-refractivity contribution in [2.75, 3.05) is 51.3 Å². The zero-order chi connectivity index (χ0) is 28.0. The van der Waals surface area contributed by atoms with Crippen molar-refractivity contribution in [3.63, 3.8) is 0 Å². The number of aromatic nitrogens is 1. The van der Waals surface area contributed by atoms with Crippen LogP contribution in [0.15, 0.2) is 29.6 Å². The minimum Gasteiger partial charge on any atom is -0.367 e. The standard InChI is InChI=1S/C30H39N5O4S/c1-18(2)14-23(29(38)35-15-22(19-4-5-19)27-26(35)25(36)16-39-27)31-28(37)21-8-6-20(7-9-21)24-17-40-30(32-24)34-12-10-33(3)11-13-34/h6-9,17-19,22-23,26-27H,4-5,10-16H2,1-3H3,(H,31,37)/t22-,23?,26+,27+/m0/s1. The zero-order valence-electron chi connectivity index (χ0n) is 23.5. The molecule has 4 fully saturated rings. The number of fused-ring (bicyclic) bond motifs is 1. The normalized spacial score (nSPS) is 25.9. The first kappa shape index (κ1) is 27.4. The van der Waals surface area contributed by atoms with Gasteiger partial charge in [-0.2, -0.15) is 0 Å². The van der Waals surface area contributed by atoms with Crippen LogP contribution in [0.3, 0.4) is 0 Å². The number of anilines is 1. The number of nitrogens with zero attached hydrogens (tertiary/aromatic N) is 4. The van der Waals surface area contributed by atoms with E-state index in [0.717, 1.165) is 55.4 Å². The lowest BCUT2D eigenvalue weighted by atomic mass is 9.97. The molecule has 2 aromatic rings. The fourth-order valence-corrected chi connectivity index (χ4v) is 7.22. The molecule has 1 unspecified atom stereocenters. The number of nitrogens with one attached hydrogen (secondary N) is 1. The first-order valence-electron chi connectivity index (χ1n) is 14.5. The second-order valence-electron chi connectivity index (χ2n) is 12.2. The van der Waals surface area contributed by atoms with E-state index in [4.69, 9.17) is 9.72 Å². The lowest BCUT2D eigenvalue weighted by Crippen LogP contribution is -2.52. The Morgan fingerprint density at radius 3 is 2.52 bits per heavy atom. The van der Waals surface area contributed by atoms with Crippen molar-refractivity contribution in [1.82, 2.24) is 20.1 Å². The number of hydrogen-bond donors (Lipinski definition) is 1. The Bertz CT molecular complexity index is 1250. The molecule has 4 atom stereocenters. The summed E-state index contributed by atoms with van der Waals surface area (Å²) in [6.07, 6.45) is 2.57. The van der Waals surface area contributed by atoms with E-state index in [1.54, 1.807) is 28.4 Å². The van der Waals surface area contributed by atoms with E-state index in [-0.39, 0.29) is 42.1 Å². The van der Waals surface area contributed by atoms with Gasteiger partial charge in [0.25, 0.3) is 5.91 Å². The van der Waals surface area contributed by atoms with Crippen LogP contribution < -0.4 is 10.2 Å². The SMILES string of the molecule is CC(C)CC(NC(=O)c1ccc(-c2csc(N3CCN(C)CC3)n2)cc1)C(=O)N1C[C@@H](C2CC2)[C@H]2OCC(=O)[C@H]21. The number of Topliss-reactive ketones (excluding diaryl/α,β-unsaturated/α-hetero) is 1. The Hall–Kier alpha value is -2.82. The van der Waals surface area contributed by atoms with E-state index in [0.29, 0.717) is 24.4 Å². The fraction of sp³-hybridized carbons (Fsp3) is 0.600. The van der Waals surface area contributed by atoms with E-state index >= 15 is 0 Å². The minimum atomic E-state index is -0.691. The quantitative estimate of drug-likeness (QED) is 0.526. The van der Waals surface area contributed by atoms with E-state index in [1.165, 1.54) is 0 Å². The maximum Gasteiger partial charge on any atom is 0.251 e. The van der Waals surface area contributed by atoms with E-state index in [9.17, 15) is 14.4 Å². The number of thiazole rings is 1. The average Bonchev–Trinajstić information content (AvgIpc) is 3.36. The molecule has 4 aliphatic rings. The third-order valence-corrected chi connectivity index (χ3v) is 9.66. The van der Waals surface area contributed by atoms with Crippen LogP contribution in [0.4, 0.5) is 5.13 Å². The summed E-state index contributed by atoms with van der Waals surface area (Å²) in [6.45, 7) is 8.69. The molecule has 0 spiro atoms. The number of ether oxygens (including phenoxy) is 1. The number of ketones is 1. The number of benzene rings is 1. The van der Waals surface area contributed by atoms with Crippen LogP contribution in [0.1, 0.15) is 43.5 Å². The lowest BCUT2D eigenvalue weighted by Gasteiger charge is -2.32. The Kier molecular flexibility index (Phi) is 7.67. The van der Waals surface area contributed by atoms with Gasteiger partial charge in [-0.3, -0.25) is 14.4 Å². The molecule has 1 N–H and O–H groups in total. The summed E-state index contributed by atoms with van der Waals surface area (Å²) >= 11 is 1.65. The summed E-state index contributed by atoms with van der Waals surface area (Å²) < 4.78 is 5.84. The molecule has 1 aromatic heterocycles. The average molecular weight is 566 g/mol. The predicted molar refractivity (Wildman–Crippen MR) is 154 cm³/mol. The lowest BCUT2D eigenvalue weighted by molar-refractivity contribution is -0.138. The molecule has 2 amide bonds. The van der Waals surface area contributed by atoms with Crippen LogP contribution in [-0.2, 0) is 14.3 Å². The van der Waals surface area contributed by atoms with Crippen LogP contribution in [0.25, 0.3) is 11.3 Å². The van der Waals surface area contributed by atoms with Gasteiger partial charge in [-0.05, 0) is 50.3 Å². The van der Waals surface area contributed by atoms with Gasteiger partial charge in [0.05, 0.1) is 11.8 Å². The van der Waals surface area contributed by atoms with Crippen molar-refractivity contribution < 1.29 is 19.1 Å². The number of piperazine rings is 1. The number of amides is 2. The third-order valence-electron chi connectivity index (χ3n) is 8.75. The molecule has 40 heavy (non-hydrogen) atoms. The van der Waals surface area contributed by atoms with Gasteiger partial charge in [0, 0.05) is 55.1 Å². The molecule has 0 bridgehead atoms. The van der Waals surface area contributed by atoms with Crippen LogP contribution in [0.5, 0.6) is 0 Å². The molecule has 3 aliphatic heterocycles. The molecule has 214 valence electrons. The van der Waals surface area contributed by atoms with Gasteiger partial charge in [0.2, 0.25) is 5.91 Å². The molecular formula is C30H39N5O4S. The maximum absolute atomic E-state index is 13.8. The van der Waals surface area contributed by atoms with Gasteiger partial charge < -0.3 is 24.8 Å². The summed E-state index contributed by atoms with van der Waals surface area (Å²) in [4.78, 5) is 51.0. The molecule has 0 radical (unpaired) electrons. The smallest absolute Gasteiger partial charge is 0.251 e. The second kappa shape index (κ2) is 11.2. The van der Waals surface area contributed by atoms with Crippen LogP contribution >= 0.6 is 11.3 Å². The summed E-state index contributed by atoms with van der Waals surface area (Å²) in [7, 11) is 2.14. The van der Waals surface area contributed by atoms with Crippen molar-refractivity contribution in [3.05, 3.63) is 35.2 Å². The molecule has 3 saturated heterocycles. The summed E-state index contributed by atoms with van der Waals surface area (Å²) in [6, 6.07) is 6.20. The van der Waals surface area contributed by atoms with Crippen molar-refractivity contribution in [2.24, 2.45) is 17.8 Å². The monoisotopic (exact) mass is 565 g/mol. The van der Waals surface area contributed by atoms with E-state index in [1.807, 2.05) is 26.0 Å². The number of carbonyl (C=O) groups excluding carboxylic acids is 3. The van der Waals surface area contributed by atoms with Gasteiger partial charge >= 0.3 is 0 Å². The van der Waals surface area contributed by atoms with Crippen LogP contribution in [-0.4, -0.2) is 96.9 Å². The number of carbonyl (C=O) groups is 3. The van der Waals surface area contributed by atoms with Gasteiger partial charge in [-0.1, -0.05) is 26.0 Å².